The molecular formula is C25H26ClN5O2S. The second kappa shape index (κ2) is 9.07. The number of hydrazone groups is 1. The molecule has 0 unspecified atom stereocenters. The number of fused-ring (bicyclic) bond motifs is 1. The number of hydrogen-bond donors (Lipinski definition) is 1. The lowest BCUT2D eigenvalue weighted by Gasteiger charge is -2.20. The number of benzene rings is 1. The van der Waals surface area contributed by atoms with Gasteiger partial charge in [0, 0.05) is 22.3 Å². The SMILES string of the molecule is COc1ccc(Cl)cc1-n1c(C)cc(/C=C2/C(=N)N3N=C(C4CCCCC4)SC3=NC2=O)c1C. The number of halogens is 1. The quantitative estimate of drug-likeness (QED) is 0.531. The van der Waals surface area contributed by atoms with Gasteiger partial charge in [-0.2, -0.15) is 15.1 Å². The molecule has 1 aliphatic carbocycles. The van der Waals surface area contributed by atoms with E-state index < -0.39 is 5.91 Å². The van der Waals surface area contributed by atoms with Crippen molar-refractivity contribution < 1.29 is 9.53 Å². The van der Waals surface area contributed by atoms with Gasteiger partial charge in [0.1, 0.15) is 10.8 Å². The van der Waals surface area contributed by atoms with Crippen molar-refractivity contribution in [2.75, 3.05) is 7.11 Å². The highest BCUT2D eigenvalue weighted by atomic mass is 35.5. The second-order valence-electron chi connectivity index (χ2n) is 8.77. The van der Waals surface area contributed by atoms with E-state index in [1.165, 1.54) is 36.0 Å². The fourth-order valence-electron chi connectivity index (χ4n) is 4.82. The lowest BCUT2D eigenvalue weighted by atomic mass is 9.90. The van der Waals surface area contributed by atoms with E-state index in [-0.39, 0.29) is 11.4 Å². The van der Waals surface area contributed by atoms with Crippen molar-refractivity contribution in [3.05, 3.63) is 51.8 Å². The van der Waals surface area contributed by atoms with Crippen LogP contribution in [-0.2, 0) is 4.79 Å². The maximum atomic E-state index is 12.9. The highest BCUT2D eigenvalue weighted by molar-refractivity contribution is 8.27. The number of ether oxygens (including phenoxy) is 1. The number of aliphatic imine (C=N–C) groups is 1. The number of carbonyl (C=O) groups excluding carboxylic acids is 1. The fourth-order valence-corrected chi connectivity index (χ4v) is 6.04. The van der Waals surface area contributed by atoms with E-state index in [4.69, 9.17) is 26.8 Å². The Balaban J connectivity index is 1.50. The minimum Gasteiger partial charge on any atom is -0.495 e. The van der Waals surface area contributed by atoms with Gasteiger partial charge in [-0.15, -0.1) is 0 Å². The standard InChI is InChI=1S/C25H26ClN5O2S/c1-14-11-17(15(2)30(14)20-13-18(26)9-10-21(20)33-3)12-19-22(27)31-25(28-23(19)32)34-24(29-31)16-7-5-4-6-8-16/h9-13,16,27H,4-8H2,1-3H3/b19-12-,27-22?. The van der Waals surface area contributed by atoms with Crippen LogP contribution in [0.15, 0.2) is 39.9 Å². The number of nitrogens with zero attached hydrogens (tertiary/aromatic N) is 4. The number of aromatic nitrogens is 1. The summed E-state index contributed by atoms with van der Waals surface area (Å²) in [6.45, 7) is 3.95. The van der Waals surface area contributed by atoms with E-state index in [0.717, 1.165) is 40.5 Å². The van der Waals surface area contributed by atoms with Crippen LogP contribution < -0.4 is 4.74 Å². The molecule has 0 spiro atoms. The summed E-state index contributed by atoms with van der Waals surface area (Å²) >= 11 is 7.70. The third-order valence-electron chi connectivity index (χ3n) is 6.58. The topological polar surface area (TPSA) is 83.0 Å². The fraction of sp³-hybridized carbons (Fsp3) is 0.360. The molecule has 34 heavy (non-hydrogen) atoms. The molecule has 0 radical (unpaired) electrons. The van der Waals surface area contributed by atoms with Crippen molar-refractivity contribution in [1.82, 2.24) is 9.58 Å². The maximum absolute atomic E-state index is 12.9. The van der Waals surface area contributed by atoms with Crippen LogP contribution in [0.2, 0.25) is 5.02 Å². The number of nitrogens with one attached hydrogen (secondary N) is 1. The second-order valence-corrected chi connectivity index (χ2v) is 10.2. The Kier molecular flexibility index (Phi) is 6.12. The van der Waals surface area contributed by atoms with Crippen LogP contribution >= 0.6 is 23.4 Å². The molecule has 0 atom stereocenters. The molecule has 3 heterocycles. The van der Waals surface area contributed by atoms with Gasteiger partial charge in [0.05, 0.1) is 18.4 Å². The number of carbonyl (C=O) groups is 1. The zero-order valence-electron chi connectivity index (χ0n) is 19.4. The highest BCUT2D eigenvalue weighted by Crippen LogP contribution is 2.37. The maximum Gasteiger partial charge on any atom is 0.283 e. The molecule has 5 rings (SSSR count). The Bertz CT molecular complexity index is 1290. The number of amides is 1. The van der Waals surface area contributed by atoms with Crippen LogP contribution in [0.3, 0.4) is 0 Å². The summed E-state index contributed by atoms with van der Waals surface area (Å²) < 4.78 is 7.58. The third kappa shape index (κ3) is 3.99. The molecule has 1 aromatic carbocycles. The highest BCUT2D eigenvalue weighted by Gasteiger charge is 2.38. The summed E-state index contributed by atoms with van der Waals surface area (Å²) in [6, 6.07) is 7.45. The van der Waals surface area contributed by atoms with E-state index in [9.17, 15) is 4.79 Å². The Morgan fingerprint density at radius 1 is 1.21 bits per heavy atom. The lowest BCUT2D eigenvalue weighted by molar-refractivity contribution is -0.114. The molecule has 3 aliphatic rings. The van der Waals surface area contributed by atoms with Crippen LogP contribution in [0.25, 0.3) is 11.8 Å². The van der Waals surface area contributed by atoms with E-state index >= 15 is 0 Å². The average molecular weight is 496 g/mol. The van der Waals surface area contributed by atoms with E-state index in [0.29, 0.717) is 21.9 Å². The minimum absolute atomic E-state index is 0.0680. The van der Waals surface area contributed by atoms with Crippen molar-refractivity contribution >= 4 is 51.4 Å². The van der Waals surface area contributed by atoms with E-state index in [1.807, 2.05) is 36.6 Å². The van der Waals surface area contributed by atoms with Crippen LogP contribution in [0.1, 0.15) is 49.1 Å². The number of methoxy groups -OCH3 is 1. The zero-order chi connectivity index (χ0) is 24.0. The average Bonchev–Trinajstić information content (AvgIpc) is 3.37. The molecule has 176 valence electrons. The molecule has 7 nitrogen and oxygen atoms in total. The summed E-state index contributed by atoms with van der Waals surface area (Å²) in [5.41, 5.74) is 3.74. The Labute approximate surface area is 208 Å². The van der Waals surface area contributed by atoms with Crippen molar-refractivity contribution in [2.24, 2.45) is 16.0 Å². The lowest BCUT2D eigenvalue weighted by Crippen LogP contribution is -2.35. The molecule has 1 saturated carbocycles. The zero-order valence-corrected chi connectivity index (χ0v) is 21.0. The summed E-state index contributed by atoms with van der Waals surface area (Å²) in [5.74, 6) is 0.751. The van der Waals surface area contributed by atoms with E-state index in [1.54, 1.807) is 19.3 Å². The Morgan fingerprint density at radius 2 is 1.97 bits per heavy atom. The third-order valence-corrected chi connectivity index (χ3v) is 7.88. The number of rotatable bonds is 4. The van der Waals surface area contributed by atoms with Crippen molar-refractivity contribution in [3.63, 3.8) is 0 Å². The number of hydrogen-bond acceptors (Lipinski definition) is 5. The first-order valence-electron chi connectivity index (χ1n) is 11.4. The van der Waals surface area contributed by atoms with Gasteiger partial charge in [-0.3, -0.25) is 10.2 Å². The monoisotopic (exact) mass is 495 g/mol. The van der Waals surface area contributed by atoms with E-state index in [2.05, 4.69) is 4.99 Å². The molecule has 2 aliphatic heterocycles. The Morgan fingerprint density at radius 3 is 2.71 bits per heavy atom. The summed E-state index contributed by atoms with van der Waals surface area (Å²) in [5, 5.41) is 17.0. The number of aryl methyl sites for hydroxylation is 1. The number of thioether (sulfide) groups is 1. The minimum atomic E-state index is -0.408. The van der Waals surface area contributed by atoms with Gasteiger partial charge >= 0.3 is 0 Å². The molecule has 1 N–H and O–H groups in total. The summed E-state index contributed by atoms with van der Waals surface area (Å²) in [7, 11) is 1.62. The van der Waals surface area contributed by atoms with Gasteiger partial charge < -0.3 is 9.30 Å². The Hall–Kier alpha value is -2.84. The van der Waals surface area contributed by atoms with Gasteiger partial charge in [-0.05, 0) is 74.4 Å². The van der Waals surface area contributed by atoms with Gasteiger partial charge in [0.2, 0.25) is 5.17 Å². The predicted molar refractivity (Wildman–Crippen MR) is 138 cm³/mol. The van der Waals surface area contributed by atoms with Crippen LogP contribution in [0.5, 0.6) is 5.75 Å². The predicted octanol–water partition coefficient (Wildman–Crippen LogP) is 5.96. The van der Waals surface area contributed by atoms with Crippen LogP contribution in [-0.4, -0.2) is 38.6 Å². The first kappa shape index (κ1) is 22.9. The van der Waals surface area contributed by atoms with Crippen molar-refractivity contribution in [1.29, 1.82) is 5.41 Å². The first-order chi connectivity index (χ1) is 16.4. The largest absolute Gasteiger partial charge is 0.495 e. The van der Waals surface area contributed by atoms with Gasteiger partial charge in [0.25, 0.3) is 5.91 Å². The van der Waals surface area contributed by atoms with Crippen molar-refractivity contribution in [3.8, 4) is 11.4 Å². The molecule has 9 heteroatoms. The molecular weight excluding hydrogens is 470 g/mol. The first-order valence-corrected chi connectivity index (χ1v) is 12.6. The van der Waals surface area contributed by atoms with Crippen LogP contribution in [0.4, 0.5) is 0 Å². The molecule has 0 bridgehead atoms. The molecule has 1 aromatic heterocycles. The van der Waals surface area contributed by atoms with Gasteiger partial charge in [-0.1, -0.05) is 30.9 Å². The molecule has 0 saturated heterocycles. The molecule has 1 fully saturated rings. The molecule has 2 aromatic rings. The van der Waals surface area contributed by atoms with Gasteiger partial charge in [0.15, 0.2) is 5.84 Å². The molecule has 1 amide bonds. The summed E-state index contributed by atoms with van der Waals surface area (Å²) in [6.07, 6.45) is 7.61. The smallest absolute Gasteiger partial charge is 0.283 e. The normalized spacial score (nSPS) is 20.0. The van der Waals surface area contributed by atoms with Crippen molar-refractivity contribution in [2.45, 2.75) is 46.0 Å². The van der Waals surface area contributed by atoms with Crippen LogP contribution in [0, 0.1) is 25.2 Å². The number of amidine groups is 2. The summed E-state index contributed by atoms with van der Waals surface area (Å²) in [4.78, 5) is 17.2. The van der Waals surface area contributed by atoms with Gasteiger partial charge in [-0.25, -0.2) is 0 Å².